The fraction of sp³-hybridized carbons (Fsp3) is 0.200. The van der Waals surface area contributed by atoms with Crippen molar-refractivity contribution in [3.05, 3.63) is 69.3 Å². The van der Waals surface area contributed by atoms with Gasteiger partial charge in [-0.25, -0.2) is 0 Å². The minimum atomic E-state index is -0.354. The normalized spacial score (nSPS) is 10.2. The molecule has 2 aromatic carbocycles. The quantitative estimate of drug-likeness (QED) is 0.668. The SMILES string of the molecule is Cc1ccc(NCc2ccccc2C)c([N+](=O)[O-])c1. The van der Waals surface area contributed by atoms with Crippen molar-refractivity contribution in [3.63, 3.8) is 0 Å². The van der Waals surface area contributed by atoms with Crippen LogP contribution in [0.5, 0.6) is 0 Å². The Labute approximate surface area is 112 Å². The molecular weight excluding hydrogens is 240 g/mol. The van der Waals surface area contributed by atoms with Gasteiger partial charge in [0.15, 0.2) is 0 Å². The molecule has 0 aliphatic rings. The van der Waals surface area contributed by atoms with E-state index < -0.39 is 0 Å². The molecule has 0 heterocycles. The van der Waals surface area contributed by atoms with Crippen LogP contribution in [0.1, 0.15) is 16.7 Å². The second kappa shape index (κ2) is 5.52. The summed E-state index contributed by atoms with van der Waals surface area (Å²) in [7, 11) is 0. The first-order chi connectivity index (χ1) is 9.08. The molecule has 0 atom stereocenters. The number of aryl methyl sites for hydroxylation is 2. The number of anilines is 1. The lowest BCUT2D eigenvalue weighted by molar-refractivity contribution is -0.384. The zero-order valence-electron chi connectivity index (χ0n) is 11.0. The Morgan fingerprint density at radius 3 is 2.58 bits per heavy atom. The van der Waals surface area contributed by atoms with Gasteiger partial charge >= 0.3 is 0 Å². The number of hydrogen-bond donors (Lipinski definition) is 1. The van der Waals surface area contributed by atoms with Gasteiger partial charge in [-0.3, -0.25) is 10.1 Å². The van der Waals surface area contributed by atoms with Crippen LogP contribution in [0.2, 0.25) is 0 Å². The van der Waals surface area contributed by atoms with Gasteiger partial charge in [0.1, 0.15) is 5.69 Å². The molecule has 0 aromatic heterocycles. The average Bonchev–Trinajstić information content (AvgIpc) is 2.38. The highest BCUT2D eigenvalue weighted by atomic mass is 16.6. The van der Waals surface area contributed by atoms with Crippen molar-refractivity contribution in [1.29, 1.82) is 0 Å². The molecule has 0 aliphatic heterocycles. The molecule has 0 saturated carbocycles. The second-order valence-electron chi connectivity index (χ2n) is 4.56. The maximum Gasteiger partial charge on any atom is 0.292 e. The standard InChI is InChI=1S/C15H16N2O2/c1-11-7-8-14(15(9-11)17(18)19)16-10-13-6-4-3-5-12(13)2/h3-9,16H,10H2,1-2H3. The number of nitro groups is 1. The molecule has 4 heteroatoms. The highest BCUT2D eigenvalue weighted by Crippen LogP contribution is 2.26. The lowest BCUT2D eigenvalue weighted by atomic mass is 10.1. The van der Waals surface area contributed by atoms with Crippen LogP contribution in [0.25, 0.3) is 0 Å². The van der Waals surface area contributed by atoms with Gasteiger partial charge in [0, 0.05) is 12.6 Å². The summed E-state index contributed by atoms with van der Waals surface area (Å²) in [6, 6.07) is 13.2. The average molecular weight is 256 g/mol. The van der Waals surface area contributed by atoms with Crippen molar-refractivity contribution in [3.8, 4) is 0 Å². The van der Waals surface area contributed by atoms with Crippen LogP contribution in [0.4, 0.5) is 11.4 Å². The maximum absolute atomic E-state index is 11.0. The lowest BCUT2D eigenvalue weighted by Gasteiger charge is -2.09. The first-order valence-corrected chi connectivity index (χ1v) is 6.11. The van der Waals surface area contributed by atoms with Gasteiger partial charge in [-0.05, 0) is 36.6 Å². The minimum absolute atomic E-state index is 0.119. The van der Waals surface area contributed by atoms with Crippen LogP contribution in [0, 0.1) is 24.0 Å². The Hall–Kier alpha value is -2.36. The number of hydrogen-bond acceptors (Lipinski definition) is 3. The Kier molecular flexibility index (Phi) is 3.80. The topological polar surface area (TPSA) is 55.2 Å². The van der Waals surface area contributed by atoms with Crippen LogP contribution >= 0.6 is 0 Å². The Morgan fingerprint density at radius 1 is 1.16 bits per heavy atom. The molecule has 0 radical (unpaired) electrons. The van der Waals surface area contributed by atoms with Crippen LogP contribution < -0.4 is 5.32 Å². The third kappa shape index (κ3) is 3.10. The number of rotatable bonds is 4. The predicted molar refractivity (Wildman–Crippen MR) is 76.3 cm³/mol. The third-order valence-corrected chi connectivity index (χ3v) is 3.08. The summed E-state index contributed by atoms with van der Waals surface area (Å²) in [5.74, 6) is 0. The molecular formula is C15H16N2O2. The van der Waals surface area contributed by atoms with E-state index in [0.29, 0.717) is 12.2 Å². The first kappa shape index (κ1) is 13.1. The van der Waals surface area contributed by atoms with Crippen LogP contribution in [-0.4, -0.2) is 4.92 Å². The molecule has 98 valence electrons. The lowest BCUT2D eigenvalue weighted by Crippen LogP contribution is -2.04. The largest absolute Gasteiger partial charge is 0.375 e. The summed E-state index contributed by atoms with van der Waals surface area (Å²) < 4.78 is 0. The summed E-state index contributed by atoms with van der Waals surface area (Å²) in [4.78, 5) is 10.7. The van der Waals surface area contributed by atoms with Gasteiger partial charge in [-0.15, -0.1) is 0 Å². The molecule has 1 N–H and O–H groups in total. The van der Waals surface area contributed by atoms with Gasteiger partial charge < -0.3 is 5.32 Å². The summed E-state index contributed by atoms with van der Waals surface area (Å²) in [5, 5.41) is 14.2. The molecule has 0 amide bonds. The van der Waals surface area contributed by atoms with Crippen molar-refractivity contribution in [2.75, 3.05) is 5.32 Å². The van der Waals surface area contributed by atoms with Gasteiger partial charge in [-0.1, -0.05) is 30.3 Å². The summed E-state index contributed by atoms with van der Waals surface area (Å²) in [5.41, 5.74) is 3.86. The van der Waals surface area contributed by atoms with Gasteiger partial charge in [0.2, 0.25) is 0 Å². The van der Waals surface area contributed by atoms with Gasteiger partial charge in [0.25, 0.3) is 5.69 Å². The van der Waals surface area contributed by atoms with Crippen molar-refractivity contribution in [1.82, 2.24) is 0 Å². The van der Waals surface area contributed by atoms with Crippen LogP contribution in [-0.2, 0) is 6.54 Å². The van der Waals surface area contributed by atoms with Crippen molar-refractivity contribution >= 4 is 11.4 Å². The highest BCUT2D eigenvalue weighted by molar-refractivity contribution is 5.62. The van der Waals surface area contributed by atoms with E-state index in [4.69, 9.17) is 0 Å². The van der Waals surface area contributed by atoms with E-state index in [2.05, 4.69) is 5.32 Å². The molecule has 0 bridgehead atoms. The summed E-state index contributed by atoms with van der Waals surface area (Å²) in [6.07, 6.45) is 0. The van der Waals surface area contributed by atoms with Crippen molar-refractivity contribution < 1.29 is 4.92 Å². The van der Waals surface area contributed by atoms with Crippen molar-refractivity contribution in [2.24, 2.45) is 0 Å². The smallest absolute Gasteiger partial charge is 0.292 e. The Bertz CT molecular complexity index is 609. The third-order valence-electron chi connectivity index (χ3n) is 3.08. The van der Waals surface area contributed by atoms with Crippen LogP contribution in [0.3, 0.4) is 0 Å². The maximum atomic E-state index is 11.0. The van der Waals surface area contributed by atoms with E-state index in [1.807, 2.05) is 44.2 Å². The molecule has 0 unspecified atom stereocenters. The van der Waals surface area contributed by atoms with Crippen molar-refractivity contribution in [2.45, 2.75) is 20.4 Å². The first-order valence-electron chi connectivity index (χ1n) is 6.11. The number of benzene rings is 2. The second-order valence-corrected chi connectivity index (χ2v) is 4.56. The molecule has 0 saturated heterocycles. The minimum Gasteiger partial charge on any atom is -0.375 e. The number of nitrogens with one attached hydrogen (secondary N) is 1. The number of nitro benzene ring substituents is 1. The van der Waals surface area contributed by atoms with E-state index in [0.717, 1.165) is 11.1 Å². The molecule has 0 spiro atoms. The van der Waals surface area contributed by atoms with E-state index in [9.17, 15) is 10.1 Å². The molecule has 2 rings (SSSR count). The molecule has 0 fully saturated rings. The Morgan fingerprint density at radius 2 is 1.89 bits per heavy atom. The zero-order chi connectivity index (χ0) is 13.8. The molecule has 19 heavy (non-hydrogen) atoms. The summed E-state index contributed by atoms with van der Waals surface area (Å²) in [6.45, 7) is 4.45. The predicted octanol–water partition coefficient (Wildman–Crippen LogP) is 3.82. The fourth-order valence-electron chi connectivity index (χ4n) is 1.94. The van der Waals surface area contributed by atoms with Gasteiger partial charge in [-0.2, -0.15) is 0 Å². The monoisotopic (exact) mass is 256 g/mol. The van der Waals surface area contributed by atoms with E-state index >= 15 is 0 Å². The van der Waals surface area contributed by atoms with Crippen LogP contribution in [0.15, 0.2) is 42.5 Å². The van der Waals surface area contributed by atoms with Gasteiger partial charge in [0.05, 0.1) is 4.92 Å². The molecule has 0 aliphatic carbocycles. The number of nitrogens with zero attached hydrogens (tertiary/aromatic N) is 1. The zero-order valence-corrected chi connectivity index (χ0v) is 11.0. The highest BCUT2D eigenvalue weighted by Gasteiger charge is 2.13. The molecule has 4 nitrogen and oxygen atoms in total. The fourth-order valence-corrected chi connectivity index (χ4v) is 1.94. The van der Waals surface area contributed by atoms with E-state index in [1.54, 1.807) is 12.1 Å². The molecule has 2 aromatic rings. The van der Waals surface area contributed by atoms with E-state index in [1.165, 1.54) is 5.56 Å². The Balaban J connectivity index is 2.20. The summed E-state index contributed by atoms with van der Waals surface area (Å²) >= 11 is 0. The van der Waals surface area contributed by atoms with E-state index in [-0.39, 0.29) is 10.6 Å².